The van der Waals surface area contributed by atoms with Crippen molar-refractivity contribution in [3.05, 3.63) is 0 Å². The van der Waals surface area contributed by atoms with E-state index in [1.165, 1.54) is 12.3 Å². The quantitative estimate of drug-likeness (QED) is 0.390. The molecule has 0 aromatic carbocycles. The van der Waals surface area contributed by atoms with E-state index in [2.05, 4.69) is 11.8 Å². The number of rotatable bonds is 0. The molecule has 3 fully saturated rings. The minimum Gasteiger partial charge on any atom is -0.393 e. The first kappa shape index (κ1) is 14.1. The van der Waals surface area contributed by atoms with Crippen LogP contribution in [0, 0.1) is 59.7 Å². The molecule has 0 N–H and O–H groups in total. The molecule has 110 valence electrons. The third-order valence-electron chi connectivity index (χ3n) is 5.17. The number of hydrogen-bond acceptors (Lipinski definition) is 3. The SMILES string of the molecule is O=C1OC(=O)C2CCC(C#CF)C3C(C#CF)CCC1C23. The van der Waals surface area contributed by atoms with Crippen LogP contribution in [0.25, 0.3) is 0 Å². The molecular weight excluding hydrogens is 278 g/mol. The van der Waals surface area contributed by atoms with Gasteiger partial charge in [0.25, 0.3) is 0 Å². The van der Waals surface area contributed by atoms with Crippen LogP contribution in [0.15, 0.2) is 0 Å². The van der Waals surface area contributed by atoms with Gasteiger partial charge in [0.15, 0.2) is 0 Å². The molecule has 21 heavy (non-hydrogen) atoms. The Balaban J connectivity index is 2.02. The van der Waals surface area contributed by atoms with Crippen molar-refractivity contribution >= 4 is 11.9 Å². The van der Waals surface area contributed by atoms with E-state index in [1.807, 2.05) is 0 Å². The number of cyclic esters (lactones) is 2. The average molecular weight is 292 g/mol. The molecule has 4 unspecified atom stereocenters. The molecule has 1 saturated heterocycles. The Morgan fingerprint density at radius 2 is 1.29 bits per heavy atom. The first-order valence-corrected chi connectivity index (χ1v) is 7.15. The zero-order chi connectivity index (χ0) is 15.0. The number of carbonyl (C=O) groups excluding carboxylic acids is 2. The normalized spacial score (nSPS) is 40.9. The molecule has 1 aliphatic heterocycles. The van der Waals surface area contributed by atoms with Crippen LogP contribution in [0.4, 0.5) is 8.78 Å². The number of esters is 2. The van der Waals surface area contributed by atoms with Gasteiger partial charge >= 0.3 is 11.9 Å². The monoisotopic (exact) mass is 292 g/mol. The molecule has 1 heterocycles. The molecule has 3 rings (SSSR count). The fourth-order valence-electron chi connectivity index (χ4n) is 4.40. The molecule has 2 saturated carbocycles. The van der Waals surface area contributed by atoms with Crippen LogP contribution in [0.3, 0.4) is 0 Å². The van der Waals surface area contributed by atoms with Gasteiger partial charge in [-0.05, 0) is 37.5 Å². The van der Waals surface area contributed by atoms with Crippen LogP contribution < -0.4 is 0 Å². The molecule has 0 radical (unpaired) electrons. The van der Waals surface area contributed by atoms with Crippen molar-refractivity contribution in [3.63, 3.8) is 0 Å². The molecule has 0 spiro atoms. The summed E-state index contributed by atoms with van der Waals surface area (Å²) in [4.78, 5) is 23.9. The average Bonchev–Trinajstić information content (AvgIpc) is 2.47. The van der Waals surface area contributed by atoms with Crippen molar-refractivity contribution in [1.82, 2.24) is 0 Å². The molecule has 0 aromatic rings. The molecule has 0 bridgehead atoms. The summed E-state index contributed by atoms with van der Waals surface area (Å²) >= 11 is 0. The maximum atomic E-state index is 12.5. The number of carbonyl (C=O) groups is 2. The Labute approximate surface area is 121 Å². The van der Waals surface area contributed by atoms with Crippen LogP contribution in [0.5, 0.6) is 0 Å². The predicted octanol–water partition coefficient (Wildman–Crippen LogP) is 2.22. The Hall–Kier alpha value is -1.88. The zero-order valence-electron chi connectivity index (χ0n) is 11.3. The Bertz CT molecular complexity index is 542. The highest BCUT2D eigenvalue weighted by Gasteiger charge is 2.56. The maximum absolute atomic E-state index is 12.5. The highest BCUT2D eigenvalue weighted by Crippen LogP contribution is 2.53. The highest BCUT2D eigenvalue weighted by atomic mass is 19.1. The Morgan fingerprint density at radius 3 is 1.71 bits per heavy atom. The summed E-state index contributed by atoms with van der Waals surface area (Å²) < 4.78 is 29.8. The predicted molar refractivity (Wildman–Crippen MR) is 68.3 cm³/mol. The van der Waals surface area contributed by atoms with E-state index in [0.29, 0.717) is 25.7 Å². The van der Waals surface area contributed by atoms with Crippen molar-refractivity contribution < 1.29 is 23.1 Å². The van der Waals surface area contributed by atoms with E-state index in [9.17, 15) is 18.4 Å². The van der Waals surface area contributed by atoms with E-state index in [1.54, 1.807) is 0 Å². The maximum Gasteiger partial charge on any atom is 0.316 e. The van der Waals surface area contributed by atoms with Gasteiger partial charge in [-0.1, -0.05) is 11.8 Å². The van der Waals surface area contributed by atoms with E-state index < -0.39 is 11.9 Å². The second-order valence-electron chi connectivity index (χ2n) is 5.95. The summed E-state index contributed by atoms with van der Waals surface area (Å²) in [6, 6.07) is 0. The van der Waals surface area contributed by atoms with Gasteiger partial charge < -0.3 is 4.74 Å². The Kier molecular flexibility index (Phi) is 3.68. The van der Waals surface area contributed by atoms with E-state index in [4.69, 9.17) is 4.74 Å². The molecule has 3 nitrogen and oxygen atoms in total. The summed E-state index contributed by atoms with van der Waals surface area (Å²) in [7, 11) is 0. The largest absolute Gasteiger partial charge is 0.393 e. The molecule has 2 aliphatic carbocycles. The molecular formula is C16H14F2O3. The molecule has 0 aromatic heterocycles. The topological polar surface area (TPSA) is 43.4 Å². The van der Waals surface area contributed by atoms with Gasteiger partial charge in [0, 0.05) is 11.8 Å². The van der Waals surface area contributed by atoms with Crippen LogP contribution in [0.2, 0.25) is 0 Å². The smallest absolute Gasteiger partial charge is 0.316 e. The summed E-state index contributed by atoms with van der Waals surface area (Å²) in [6.45, 7) is 0. The summed E-state index contributed by atoms with van der Waals surface area (Å²) in [5, 5.41) is 0. The fourth-order valence-corrected chi connectivity index (χ4v) is 4.40. The Morgan fingerprint density at radius 1 is 0.810 bits per heavy atom. The van der Waals surface area contributed by atoms with Crippen molar-refractivity contribution in [3.8, 4) is 24.2 Å². The fraction of sp³-hybridized carbons (Fsp3) is 0.625. The standard InChI is InChI=1S/C16H14F2O3/c17-7-5-9-1-3-11-14-12(16(20)21-15(11)19)4-2-10(6-8-18)13(9)14/h9-14H,1-4H2. The molecule has 0 amide bonds. The lowest BCUT2D eigenvalue weighted by Crippen LogP contribution is -2.54. The van der Waals surface area contributed by atoms with Crippen molar-refractivity contribution in [2.75, 3.05) is 0 Å². The molecule has 5 heteroatoms. The van der Waals surface area contributed by atoms with Gasteiger partial charge in [0.05, 0.1) is 11.8 Å². The first-order chi connectivity index (χ1) is 10.2. The van der Waals surface area contributed by atoms with Gasteiger partial charge in [-0.2, -0.15) is 0 Å². The lowest BCUT2D eigenvalue weighted by atomic mass is 9.53. The van der Waals surface area contributed by atoms with Crippen LogP contribution >= 0.6 is 0 Å². The van der Waals surface area contributed by atoms with Gasteiger partial charge in [0.1, 0.15) is 12.3 Å². The van der Waals surface area contributed by atoms with E-state index >= 15 is 0 Å². The van der Waals surface area contributed by atoms with Crippen LogP contribution in [-0.4, -0.2) is 11.9 Å². The summed E-state index contributed by atoms with van der Waals surface area (Å²) in [6.07, 6.45) is 5.00. The molecule has 4 atom stereocenters. The minimum absolute atomic E-state index is 0.245. The van der Waals surface area contributed by atoms with Gasteiger partial charge in [0.2, 0.25) is 0 Å². The highest BCUT2D eigenvalue weighted by molar-refractivity contribution is 5.91. The second-order valence-corrected chi connectivity index (χ2v) is 5.95. The number of ether oxygens (including phenoxy) is 1. The second kappa shape index (κ2) is 5.48. The third kappa shape index (κ3) is 2.21. The third-order valence-corrected chi connectivity index (χ3v) is 5.17. The van der Waals surface area contributed by atoms with Crippen molar-refractivity contribution in [2.24, 2.45) is 35.5 Å². The van der Waals surface area contributed by atoms with Crippen LogP contribution in [-0.2, 0) is 14.3 Å². The zero-order valence-corrected chi connectivity index (χ0v) is 11.3. The van der Waals surface area contributed by atoms with Crippen molar-refractivity contribution in [1.29, 1.82) is 0 Å². The van der Waals surface area contributed by atoms with Gasteiger partial charge in [-0.15, -0.1) is 8.78 Å². The van der Waals surface area contributed by atoms with Gasteiger partial charge in [-0.3, -0.25) is 9.59 Å². The number of hydrogen-bond donors (Lipinski definition) is 0. The first-order valence-electron chi connectivity index (χ1n) is 7.15. The lowest BCUT2D eigenvalue weighted by Gasteiger charge is -2.50. The number of halogens is 2. The lowest BCUT2D eigenvalue weighted by molar-refractivity contribution is -0.185. The van der Waals surface area contributed by atoms with E-state index in [-0.39, 0.29) is 35.5 Å². The van der Waals surface area contributed by atoms with Gasteiger partial charge in [-0.25, -0.2) is 0 Å². The van der Waals surface area contributed by atoms with Crippen molar-refractivity contribution in [2.45, 2.75) is 25.7 Å². The van der Waals surface area contributed by atoms with Crippen LogP contribution in [0.1, 0.15) is 25.7 Å². The van der Waals surface area contributed by atoms with E-state index in [0.717, 1.165) is 0 Å². The summed E-state index contributed by atoms with van der Waals surface area (Å²) in [5.74, 6) is 2.20. The summed E-state index contributed by atoms with van der Waals surface area (Å²) in [5.41, 5.74) is 0. The molecule has 3 aliphatic rings. The minimum atomic E-state index is -0.508.